The SMILES string of the molecule is CCSc1ncccc1CNc1ncc(C#N)c(NC[C@]23CC4C[C@H](C2)[C@@H](N)[C@@H](C4)C3)n1. The van der Waals surface area contributed by atoms with Gasteiger partial charge in [-0.05, 0) is 67.1 Å². The number of nitrogens with one attached hydrogen (secondary N) is 2. The van der Waals surface area contributed by atoms with Crippen molar-refractivity contribution in [1.82, 2.24) is 15.0 Å². The Morgan fingerprint density at radius 2 is 2.03 bits per heavy atom. The van der Waals surface area contributed by atoms with Gasteiger partial charge in [0.1, 0.15) is 22.5 Å². The van der Waals surface area contributed by atoms with Gasteiger partial charge in [0, 0.05) is 30.9 Å². The molecule has 4 aliphatic rings. The molecule has 2 aromatic rings. The first-order valence-electron chi connectivity index (χ1n) is 11.7. The van der Waals surface area contributed by atoms with Crippen LogP contribution in [0.2, 0.25) is 0 Å². The lowest BCUT2D eigenvalue weighted by Gasteiger charge is -2.59. The van der Waals surface area contributed by atoms with Crippen molar-refractivity contribution in [3.8, 4) is 6.07 Å². The largest absolute Gasteiger partial charge is 0.368 e. The summed E-state index contributed by atoms with van der Waals surface area (Å²) in [7, 11) is 0. The Morgan fingerprint density at radius 3 is 2.78 bits per heavy atom. The van der Waals surface area contributed by atoms with Gasteiger partial charge in [0.15, 0.2) is 0 Å². The van der Waals surface area contributed by atoms with Crippen molar-refractivity contribution in [2.75, 3.05) is 22.9 Å². The first-order chi connectivity index (χ1) is 15.6. The van der Waals surface area contributed by atoms with Crippen LogP contribution in [-0.2, 0) is 6.54 Å². The molecule has 2 heterocycles. The van der Waals surface area contributed by atoms with E-state index >= 15 is 0 Å². The lowest BCUT2D eigenvalue weighted by atomic mass is 9.48. The van der Waals surface area contributed by atoms with E-state index in [1.54, 1.807) is 18.0 Å². The highest BCUT2D eigenvalue weighted by Gasteiger charge is 2.54. The van der Waals surface area contributed by atoms with Crippen LogP contribution in [0, 0.1) is 34.5 Å². The van der Waals surface area contributed by atoms with E-state index in [4.69, 9.17) is 5.73 Å². The van der Waals surface area contributed by atoms with Gasteiger partial charge >= 0.3 is 0 Å². The number of nitriles is 1. The van der Waals surface area contributed by atoms with Gasteiger partial charge in [0.05, 0.1) is 6.20 Å². The molecule has 4 aliphatic carbocycles. The molecule has 4 bridgehead atoms. The molecule has 6 rings (SSSR count). The third-order valence-corrected chi connectivity index (χ3v) is 8.51. The van der Waals surface area contributed by atoms with Gasteiger partial charge in [-0.2, -0.15) is 10.2 Å². The van der Waals surface area contributed by atoms with Crippen LogP contribution in [0.1, 0.15) is 50.2 Å². The minimum atomic E-state index is 0.291. The predicted molar refractivity (Wildman–Crippen MR) is 127 cm³/mol. The molecule has 0 saturated heterocycles. The molecule has 4 saturated carbocycles. The minimum absolute atomic E-state index is 0.291. The Hall–Kier alpha value is -2.37. The quantitative estimate of drug-likeness (QED) is 0.518. The fourth-order valence-corrected chi connectivity index (χ4v) is 7.14. The second-order valence-corrected chi connectivity index (χ2v) is 11.0. The van der Waals surface area contributed by atoms with Crippen molar-refractivity contribution in [2.45, 2.75) is 56.6 Å². The summed E-state index contributed by atoms with van der Waals surface area (Å²) in [5, 5.41) is 17.5. The summed E-state index contributed by atoms with van der Waals surface area (Å²) in [5.74, 6) is 4.27. The number of hydrogen-bond donors (Lipinski definition) is 3. The zero-order chi connectivity index (χ0) is 22.1. The van der Waals surface area contributed by atoms with Crippen LogP contribution < -0.4 is 16.4 Å². The monoisotopic (exact) mass is 449 g/mol. The summed E-state index contributed by atoms with van der Waals surface area (Å²) >= 11 is 1.73. The maximum Gasteiger partial charge on any atom is 0.224 e. The van der Waals surface area contributed by atoms with Gasteiger partial charge in [-0.15, -0.1) is 11.8 Å². The Morgan fingerprint density at radius 1 is 1.22 bits per heavy atom. The topological polar surface area (TPSA) is 113 Å². The predicted octanol–water partition coefficient (Wildman–Crippen LogP) is 4.03. The summed E-state index contributed by atoms with van der Waals surface area (Å²) in [6.07, 6.45) is 9.71. The fourth-order valence-electron chi connectivity index (χ4n) is 6.40. The highest BCUT2D eigenvalue weighted by Crippen LogP contribution is 2.59. The molecule has 0 aromatic carbocycles. The molecule has 7 nitrogen and oxygen atoms in total. The van der Waals surface area contributed by atoms with Crippen LogP contribution in [0.5, 0.6) is 0 Å². The summed E-state index contributed by atoms with van der Waals surface area (Å²) < 4.78 is 0. The van der Waals surface area contributed by atoms with Crippen molar-refractivity contribution >= 4 is 23.5 Å². The molecule has 0 aliphatic heterocycles. The highest BCUT2D eigenvalue weighted by atomic mass is 32.2. The molecule has 4 fully saturated rings. The van der Waals surface area contributed by atoms with E-state index in [1.165, 1.54) is 32.1 Å². The van der Waals surface area contributed by atoms with Crippen molar-refractivity contribution < 1.29 is 0 Å². The number of anilines is 2. The van der Waals surface area contributed by atoms with Gasteiger partial charge in [-0.25, -0.2) is 9.97 Å². The van der Waals surface area contributed by atoms with Crippen LogP contribution in [0.25, 0.3) is 0 Å². The smallest absolute Gasteiger partial charge is 0.224 e. The molecule has 0 radical (unpaired) electrons. The van der Waals surface area contributed by atoms with Crippen molar-refractivity contribution in [1.29, 1.82) is 5.26 Å². The second kappa shape index (κ2) is 8.87. The van der Waals surface area contributed by atoms with Crippen molar-refractivity contribution in [3.05, 3.63) is 35.7 Å². The molecule has 2 aromatic heterocycles. The van der Waals surface area contributed by atoms with Gasteiger partial charge in [-0.1, -0.05) is 13.0 Å². The van der Waals surface area contributed by atoms with Crippen LogP contribution in [-0.4, -0.2) is 33.3 Å². The summed E-state index contributed by atoms with van der Waals surface area (Å²) in [5.41, 5.74) is 8.41. The molecule has 0 spiro atoms. The van der Waals surface area contributed by atoms with E-state index in [0.717, 1.165) is 28.8 Å². The number of thioether (sulfide) groups is 1. The second-order valence-electron chi connectivity index (χ2n) is 9.72. The summed E-state index contributed by atoms with van der Waals surface area (Å²) in [4.78, 5) is 13.5. The maximum absolute atomic E-state index is 9.59. The molecule has 5 atom stereocenters. The third kappa shape index (κ3) is 4.16. The fraction of sp³-hybridized carbons (Fsp3) is 0.583. The number of hydrogen-bond acceptors (Lipinski definition) is 8. The van der Waals surface area contributed by atoms with E-state index in [1.807, 2.05) is 12.3 Å². The van der Waals surface area contributed by atoms with E-state index in [-0.39, 0.29) is 0 Å². The average molecular weight is 450 g/mol. The third-order valence-electron chi connectivity index (χ3n) is 7.58. The average Bonchev–Trinajstić information content (AvgIpc) is 2.80. The Balaban J connectivity index is 1.28. The number of aromatic nitrogens is 3. The van der Waals surface area contributed by atoms with Gasteiger partial charge in [0.2, 0.25) is 5.95 Å². The van der Waals surface area contributed by atoms with E-state index in [0.29, 0.717) is 47.2 Å². The maximum atomic E-state index is 9.59. The van der Waals surface area contributed by atoms with Crippen LogP contribution in [0.3, 0.4) is 0 Å². The molecular weight excluding hydrogens is 418 g/mol. The highest BCUT2D eigenvalue weighted by molar-refractivity contribution is 7.99. The molecule has 8 heteroatoms. The molecule has 168 valence electrons. The number of nitrogens with zero attached hydrogens (tertiary/aromatic N) is 4. The van der Waals surface area contributed by atoms with Crippen LogP contribution in [0.4, 0.5) is 11.8 Å². The molecular formula is C24H31N7S. The normalized spacial score (nSPS) is 30.2. The van der Waals surface area contributed by atoms with Gasteiger partial charge in [0.25, 0.3) is 0 Å². The van der Waals surface area contributed by atoms with Gasteiger partial charge < -0.3 is 16.4 Å². The molecule has 4 N–H and O–H groups in total. The first kappa shape index (κ1) is 21.5. The molecule has 1 unspecified atom stereocenters. The van der Waals surface area contributed by atoms with E-state index in [9.17, 15) is 5.26 Å². The van der Waals surface area contributed by atoms with Crippen molar-refractivity contribution in [2.24, 2.45) is 28.9 Å². The van der Waals surface area contributed by atoms with E-state index < -0.39 is 0 Å². The zero-order valence-corrected chi connectivity index (χ0v) is 19.4. The Bertz CT molecular complexity index is 1000. The van der Waals surface area contributed by atoms with Crippen LogP contribution in [0.15, 0.2) is 29.6 Å². The lowest BCUT2D eigenvalue weighted by molar-refractivity contribution is -0.0591. The van der Waals surface area contributed by atoms with E-state index in [2.05, 4.69) is 44.6 Å². The Labute approximate surface area is 194 Å². The first-order valence-corrected chi connectivity index (χ1v) is 12.6. The standard InChI is InChI=1S/C24H31N7S/c1-2-32-22-16(4-3-5-27-22)12-28-23-29-13-19(11-25)21(31-23)30-14-24-8-15-6-17(9-24)20(26)18(7-15)10-24/h3-5,13,15,17-18,20H,2,6-10,12,14,26H2,1H3,(H2,28,29,30,31)/t15?,17-,18+,20-,24-. The summed E-state index contributed by atoms with van der Waals surface area (Å²) in [6.45, 7) is 3.57. The minimum Gasteiger partial charge on any atom is -0.368 e. The number of pyridine rings is 1. The number of nitrogens with two attached hydrogens (primary N) is 1. The molecule has 0 amide bonds. The van der Waals surface area contributed by atoms with Gasteiger partial charge in [-0.3, -0.25) is 0 Å². The lowest BCUT2D eigenvalue weighted by Crippen LogP contribution is -2.58. The number of rotatable bonds is 8. The Kier molecular flexibility index (Phi) is 5.95. The van der Waals surface area contributed by atoms with Crippen molar-refractivity contribution in [3.63, 3.8) is 0 Å². The molecule has 32 heavy (non-hydrogen) atoms. The zero-order valence-electron chi connectivity index (χ0n) is 18.6. The summed E-state index contributed by atoms with van der Waals surface area (Å²) in [6, 6.07) is 6.63. The van der Waals surface area contributed by atoms with Crippen LogP contribution >= 0.6 is 11.8 Å².